The summed E-state index contributed by atoms with van der Waals surface area (Å²) >= 11 is 0. The zero-order valence-corrected chi connectivity index (χ0v) is 12.2. The summed E-state index contributed by atoms with van der Waals surface area (Å²) in [6.07, 6.45) is 3.28. The molecule has 0 radical (unpaired) electrons. The number of nitrogens with zero attached hydrogens (tertiary/aromatic N) is 1. The van der Waals surface area contributed by atoms with E-state index in [1.807, 2.05) is 6.92 Å². The molecule has 6 nitrogen and oxygen atoms in total. The number of likely N-dealkylation sites (N-methyl/N-ethyl adjacent to an activating group) is 1. The van der Waals surface area contributed by atoms with E-state index in [0.717, 1.165) is 19.3 Å². The summed E-state index contributed by atoms with van der Waals surface area (Å²) in [5.74, 6) is -1.79. The number of hydrogen-bond acceptors (Lipinski definition) is 3. The summed E-state index contributed by atoms with van der Waals surface area (Å²) in [5.41, 5.74) is 0. The molecule has 2 unspecified atom stereocenters. The number of rotatable bonds is 6. The minimum absolute atomic E-state index is 0.0530. The molecule has 1 rings (SSSR count). The Morgan fingerprint density at radius 2 is 1.90 bits per heavy atom. The molecule has 20 heavy (non-hydrogen) atoms. The maximum absolute atomic E-state index is 12.5. The van der Waals surface area contributed by atoms with Gasteiger partial charge in [-0.3, -0.25) is 14.4 Å². The van der Waals surface area contributed by atoms with Gasteiger partial charge in [-0.1, -0.05) is 13.3 Å². The van der Waals surface area contributed by atoms with Crippen LogP contribution in [0.4, 0.5) is 0 Å². The lowest BCUT2D eigenvalue weighted by Gasteiger charge is -2.31. The van der Waals surface area contributed by atoms with E-state index < -0.39 is 11.9 Å². The van der Waals surface area contributed by atoms with Gasteiger partial charge in [0, 0.05) is 19.5 Å². The third-order valence-corrected chi connectivity index (χ3v) is 3.79. The molecule has 0 bridgehead atoms. The van der Waals surface area contributed by atoms with Crippen LogP contribution in [0.2, 0.25) is 0 Å². The molecule has 0 saturated heterocycles. The first kappa shape index (κ1) is 16.5. The van der Waals surface area contributed by atoms with Crippen molar-refractivity contribution in [3.05, 3.63) is 0 Å². The highest BCUT2D eigenvalue weighted by atomic mass is 16.4. The lowest BCUT2D eigenvalue weighted by atomic mass is 9.80. The van der Waals surface area contributed by atoms with Crippen molar-refractivity contribution in [1.29, 1.82) is 0 Å². The highest BCUT2D eigenvalue weighted by molar-refractivity contribution is 5.86. The number of hydrogen-bond donors (Lipinski definition) is 2. The normalized spacial score (nSPS) is 22.1. The third-order valence-electron chi connectivity index (χ3n) is 3.79. The molecule has 1 fully saturated rings. The quantitative estimate of drug-likeness (QED) is 0.757. The van der Waals surface area contributed by atoms with Gasteiger partial charge in [0.1, 0.15) is 0 Å². The summed E-state index contributed by atoms with van der Waals surface area (Å²) in [7, 11) is 1.54. The molecule has 1 aliphatic rings. The zero-order chi connectivity index (χ0) is 15.1. The first-order chi connectivity index (χ1) is 9.49. The number of carboxylic acid groups (broad SMARTS) is 1. The van der Waals surface area contributed by atoms with E-state index in [9.17, 15) is 14.4 Å². The molecule has 1 aliphatic carbocycles. The predicted octanol–water partition coefficient (Wildman–Crippen LogP) is 0.862. The zero-order valence-electron chi connectivity index (χ0n) is 12.2. The molecule has 0 spiro atoms. The Bertz CT molecular complexity index is 370. The van der Waals surface area contributed by atoms with Crippen molar-refractivity contribution in [3.63, 3.8) is 0 Å². The van der Waals surface area contributed by atoms with Crippen molar-refractivity contribution in [2.75, 3.05) is 20.1 Å². The lowest BCUT2D eigenvalue weighted by Crippen LogP contribution is -2.44. The van der Waals surface area contributed by atoms with Crippen LogP contribution in [0.25, 0.3) is 0 Å². The fraction of sp³-hybridized carbons (Fsp3) is 0.786. The van der Waals surface area contributed by atoms with Crippen molar-refractivity contribution < 1.29 is 19.5 Å². The molecule has 114 valence electrons. The Balaban J connectivity index is 2.67. The lowest BCUT2D eigenvalue weighted by molar-refractivity contribution is -0.146. The fourth-order valence-corrected chi connectivity index (χ4v) is 2.69. The highest BCUT2D eigenvalue weighted by Gasteiger charge is 2.33. The van der Waals surface area contributed by atoms with Crippen LogP contribution in [0.15, 0.2) is 0 Å². The minimum Gasteiger partial charge on any atom is -0.481 e. The molecule has 2 amide bonds. The van der Waals surface area contributed by atoms with E-state index in [4.69, 9.17) is 5.11 Å². The maximum Gasteiger partial charge on any atom is 0.306 e. The van der Waals surface area contributed by atoms with Crippen molar-refractivity contribution in [3.8, 4) is 0 Å². The molecular formula is C14H24N2O4. The topological polar surface area (TPSA) is 86.7 Å². The van der Waals surface area contributed by atoms with E-state index in [1.165, 1.54) is 7.05 Å². The molecule has 1 saturated carbocycles. The monoisotopic (exact) mass is 284 g/mol. The number of carbonyl (C=O) groups is 3. The minimum atomic E-state index is -0.823. The van der Waals surface area contributed by atoms with Gasteiger partial charge in [-0.05, 0) is 25.7 Å². The van der Waals surface area contributed by atoms with Crippen LogP contribution < -0.4 is 5.32 Å². The van der Waals surface area contributed by atoms with Crippen LogP contribution >= 0.6 is 0 Å². The Kier molecular flexibility index (Phi) is 6.48. The van der Waals surface area contributed by atoms with Gasteiger partial charge in [-0.15, -0.1) is 0 Å². The Hall–Kier alpha value is -1.59. The maximum atomic E-state index is 12.5. The highest BCUT2D eigenvalue weighted by Crippen LogP contribution is 2.30. The smallest absolute Gasteiger partial charge is 0.306 e. The first-order valence-corrected chi connectivity index (χ1v) is 7.21. The van der Waals surface area contributed by atoms with Gasteiger partial charge in [0.25, 0.3) is 0 Å². The van der Waals surface area contributed by atoms with Crippen LogP contribution in [-0.2, 0) is 14.4 Å². The molecule has 0 heterocycles. The van der Waals surface area contributed by atoms with Gasteiger partial charge in [0.2, 0.25) is 11.8 Å². The third kappa shape index (κ3) is 4.51. The molecule has 2 N–H and O–H groups in total. The molecule has 0 aliphatic heterocycles. The second-order valence-electron chi connectivity index (χ2n) is 5.33. The fourth-order valence-electron chi connectivity index (χ4n) is 2.69. The van der Waals surface area contributed by atoms with E-state index in [0.29, 0.717) is 19.4 Å². The summed E-state index contributed by atoms with van der Waals surface area (Å²) in [6.45, 7) is 2.53. The Morgan fingerprint density at radius 3 is 2.45 bits per heavy atom. The van der Waals surface area contributed by atoms with Gasteiger partial charge in [0.15, 0.2) is 0 Å². The number of carboxylic acids is 1. The van der Waals surface area contributed by atoms with Gasteiger partial charge >= 0.3 is 5.97 Å². The summed E-state index contributed by atoms with van der Waals surface area (Å²) < 4.78 is 0. The van der Waals surface area contributed by atoms with Crippen molar-refractivity contribution in [1.82, 2.24) is 10.2 Å². The van der Waals surface area contributed by atoms with E-state index in [-0.39, 0.29) is 24.3 Å². The molecule has 0 aromatic carbocycles. The van der Waals surface area contributed by atoms with Crippen molar-refractivity contribution >= 4 is 17.8 Å². The number of nitrogens with one attached hydrogen (secondary N) is 1. The Labute approximate surface area is 119 Å². The van der Waals surface area contributed by atoms with Crippen molar-refractivity contribution in [2.24, 2.45) is 11.8 Å². The van der Waals surface area contributed by atoms with E-state index in [1.54, 1.807) is 4.90 Å². The van der Waals surface area contributed by atoms with Crippen LogP contribution in [0, 0.1) is 11.8 Å². The van der Waals surface area contributed by atoms with Crippen LogP contribution in [-0.4, -0.2) is 47.9 Å². The molecule has 2 atom stereocenters. The standard InChI is InChI=1S/C14H24N2O4/c1-3-7-16(9-12(17)15-2)13(18)10-5-4-6-11(8-10)14(19)20/h10-11H,3-9H2,1-2H3,(H,15,17)(H,19,20). The number of carbonyl (C=O) groups excluding carboxylic acids is 2. The van der Waals surface area contributed by atoms with Crippen LogP contribution in [0.5, 0.6) is 0 Å². The average Bonchev–Trinajstić information content (AvgIpc) is 2.45. The SMILES string of the molecule is CCCN(CC(=O)NC)C(=O)C1CCCC(C(=O)O)C1. The second-order valence-corrected chi connectivity index (χ2v) is 5.33. The molecule has 0 aromatic rings. The van der Waals surface area contributed by atoms with Gasteiger partial charge < -0.3 is 15.3 Å². The first-order valence-electron chi connectivity index (χ1n) is 7.21. The average molecular weight is 284 g/mol. The van der Waals surface area contributed by atoms with E-state index >= 15 is 0 Å². The summed E-state index contributed by atoms with van der Waals surface area (Å²) in [5, 5.41) is 11.6. The molecular weight excluding hydrogens is 260 g/mol. The molecule has 6 heteroatoms. The molecule has 0 aromatic heterocycles. The predicted molar refractivity (Wildman–Crippen MR) is 74.0 cm³/mol. The van der Waals surface area contributed by atoms with E-state index in [2.05, 4.69) is 5.32 Å². The van der Waals surface area contributed by atoms with Crippen molar-refractivity contribution in [2.45, 2.75) is 39.0 Å². The van der Waals surface area contributed by atoms with Gasteiger partial charge in [-0.2, -0.15) is 0 Å². The number of amides is 2. The largest absolute Gasteiger partial charge is 0.481 e. The second kappa shape index (κ2) is 7.87. The van der Waals surface area contributed by atoms with Gasteiger partial charge in [0.05, 0.1) is 12.5 Å². The van der Waals surface area contributed by atoms with Gasteiger partial charge in [-0.25, -0.2) is 0 Å². The Morgan fingerprint density at radius 1 is 1.25 bits per heavy atom. The number of aliphatic carboxylic acids is 1. The van der Waals surface area contributed by atoms with Crippen LogP contribution in [0.3, 0.4) is 0 Å². The summed E-state index contributed by atoms with van der Waals surface area (Å²) in [4.78, 5) is 36.5. The summed E-state index contributed by atoms with van der Waals surface area (Å²) in [6, 6.07) is 0. The van der Waals surface area contributed by atoms with Crippen LogP contribution in [0.1, 0.15) is 39.0 Å².